The Balaban J connectivity index is 1.51. The fourth-order valence-corrected chi connectivity index (χ4v) is 2.49. The molecule has 120 valence electrons. The highest BCUT2D eigenvalue weighted by atomic mass is 16.5. The van der Waals surface area contributed by atoms with Gasteiger partial charge in [-0.2, -0.15) is 0 Å². The van der Waals surface area contributed by atoms with Crippen LogP contribution in [0.25, 0.3) is 0 Å². The molecule has 2 rings (SSSR count). The van der Waals surface area contributed by atoms with Crippen molar-refractivity contribution < 1.29 is 14.3 Å². The first-order chi connectivity index (χ1) is 10.7. The van der Waals surface area contributed by atoms with E-state index in [9.17, 15) is 9.59 Å². The Hall–Kier alpha value is -1.88. The minimum atomic E-state index is -0.0571. The summed E-state index contributed by atoms with van der Waals surface area (Å²) in [4.78, 5) is 23.4. The summed E-state index contributed by atoms with van der Waals surface area (Å²) in [6.07, 6.45) is 4.03. The molecule has 0 spiro atoms. The zero-order chi connectivity index (χ0) is 15.6. The topological polar surface area (TPSA) is 67.4 Å². The van der Waals surface area contributed by atoms with Crippen LogP contribution in [0.2, 0.25) is 0 Å². The molecular weight excluding hydrogens is 280 g/mol. The Morgan fingerprint density at radius 1 is 1.09 bits per heavy atom. The Bertz CT molecular complexity index is 470. The number of hydrogen-bond donors (Lipinski definition) is 2. The van der Waals surface area contributed by atoms with Crippen LogP contribution in [-0.4, -0.2) is 37.6 Å². The first-order valence-corrected chi connectivity index (χ1v) is 7.93. The van der Waals surface area contributed by atoms with E-state index in [-0.39, 0.29) is 11.8 Å². The van der Waals surface area contributed by atoms with E-state index < -0.39 is 0 Å². The maximum Gasteiger partial charge on any atom is 0.224 e. The lowest BCUT2D eigenvalue weighted by Gasteiger charge is -2.10. The van der Waals surface area contributed by atoms with Crippen LogP contribution in [0.15, 0.2) is 30.3 Å². The van der Waals surface area contributed by atoms with Crippen LogP contribution in [0.5, 0.6) is 0 Å². The first kappa shape index (κ1) is 16.5. The Kier molecular flexibility index (Phi) is 6.90. The molecule has 1 heterocycles. The molecule has 0 bridgehead atoms. The lowest BCUT2D eigenvalue weighted by molar-refractivity contribution is -0.122. The predicted octanol–water partition coefficient (Wildman–Crippen LogP) is 1.42. The molecule has 2 amide bonds. The summed E-state index contributed by atoms with van der Waals surface area (Å²) in [5.41, 5.74) is 0.973. The second kappa shape index (κ2) is 9.20. The maximum absolute atomic E-state index is 11.7. The van der Waals surface area contributed by atoms with Gasteiger partial charge in [0.2, 0.25) is 11.8 Å². The summed E-state index contributed by atoms with van der Waals surface area (Å²) >= 11 is 0. The zero-order valence-corrected chi connectivity index (χ0v) is 12.8. The van der Waals surface area contributed by atoms with Crippen molar-refractivity contribution in [3.05, 3.63) is 35.9 Å². The van der Waals surface area contributed by atoms with Crippen molar-refractivity contribution in [1.82, 2.24) is 10.6 Å². The fraction of sp³-hybridized carbons (Fsp3) is 0.529. The second-order valence-corrected chi connectivity index (χ2v) is 5.54. The van der Waals surface area contributed by atoms with Gasteiger partial charge in [0, 0.05) is 26.1 Å². The quantitative estimate of drug-likeness (QED) is 0.763. The predicted molar refractivity (Wildman–Crippen MR) is 84.4 cm³/mol. The molecule has 0 saturated carbocycles. The van der Waals surface area contributed by atoms with Crippen molar-refractivity contribution in [1.29, 1.82) is 0 Å². The third kappa shape index (κ3) is 6.26. The lowest BCUT2D eigenvalue weighted by atomic mass is 10.1. The average molecular weight is 304 g/mol. The molecule has 5 nitrogen and oxygen atoms in total. The summed E-state index contributed by atoms with van der Waals surface area (Å²) in [5.74, 6) is -0.0867. The molecule has 0 aromatic heterocycles. The maximum atomic E-state index is 11.7. The van der Waals surface area contributed by atoms with E-state index in [0.717, 1.165) is 31.4 Å². The Labute approximate surface area is 131 Å². The van der Waals surface area contributed by atoms with Gasteiger partial charge in [-0.05, 0) is 24.8 Å². The van der Waals surface area contributed by atoms with E-state index in [1.165, 1.54) is 0 Å². The standard InChI is InChI=1S/C17H24N2O3/c20-16(18-10-8-15-7-4-12-22-15)9-11-19-17(21)13-14-5-2-1-3-6-14/h1-3,5-6,15H,4,7-13H2,(H,18,20)(H,19,21)/t15-/m1/s1. The number of rotatable bonds is 8. The number of carbonyl (C=O) groups excluding carboxylic acids is 2. The molecule has 1 fully saturated rings. The van der Waals surface area contributed by atoms with E-state index in [0.29, 0.717) is 32.0 Å². The van der Waals surface area contributed by atoms with E-state index in [4.69, 9.17) is 4.74 Å². The normalized spacial score (nSPS) is 17.2. The molecule has 1 saturated heterocycles. The molecule has 1 atom stereocenters. The van der Waals surface area contributed by atoms with Crippen LogP contribution >= 0.6 is 0 Å². The molecule has 5 heteroatoms. The van der Waals surface area contributed by atoms with Crippen LogP contribution in [-0.2, 0) is 20.7 Å². The number of hydrogen-bond acceptors (Lipinski definition) is 3. The summed E-state index contributed by atoms with van der Waals surface area (Å²) in [6.45, 7) is 1.85. The van der Waals surface area contributed by atoms with Gasteiger partial charge in [-0.15, -0.1) is 0 Å². The fourth-order valence-electron chi connectivity index (χ4n) is 2.49. The largest absolute Gasteiger partial charge is 0.378 e. The van der Waals surface area contributed by atoms with Gasteiger partial charge in [0.15, 0.2) is 0 Å². The second-order valence-electron chi connectivity index (χ2n) is 5.54. The van der Waals surface area contributed by atoms with Crippen LogP contribution in [0.1, 0.15) is 31.2 Å². The van der Waals surface area contributed by atoms with Gasteiger partial charge < -0.3 is 15.4 Å². The molecule has 22 heavy (non-hydrogen) atoms. The molecule has 2 N–H and O–H groups in total. The molecule has 0 unspecified atom stereocenters. The van der Waals surface area contributed by atoms with Crippen molar-refractivity contribution in [2.24, 2.45) is 0 Å². The number of benzene rings is 1. The van der Waals surface area contributed by atoms with Gasteiger partial charge in [0.25, 0.3) is 0 Å². The zero-order valence-electron chi connectivity index (χ0n) is 12.8. The molecule has 0 radical (unpaired) electrons. The van der Waals surface area contributed by atoms with Gasteiger partial charge in [0.05, 0.1) is 12.5 Å². The Morgan fingerprint density at radius 2 is 1.86 bits per heavy atom. The number of carbonyl (C=O) groups is 2. The van der Waals surface area contributed by atoms with Gasteiger partial charge in [-0.3, -0.25) is 9.59 Å². The number of ether oxygens (including phenoxy) is 1. The van der Waals surface area contributed by atoms with E-state index in [2.05, 4.69) is 10.6 Å². The molecule has 1 aliphatic heterocycles. The van der Waals surface area contributed by atoms with Crippen molar-refractivity contribution in [2.45, 2.75) is 38.2 Å². The smallest absolute Gasteiger partial charge is 0.224 e. The van der Waals surface area contributed by atoms with Crippen LogP contribution < -0.4 is 10.6 Å². The summed E-state index contributed by atoms with van der Waals surface area (Å²) in [7, 11) is 0. The van der Waals surface area contributed by atoms with E-state index in [1.807, 2.05) is 30.3 Å². The summed E-state index contributed by atoms with van der Waals surface area (Å²) in [5, 5.41) is 5.63. The molecule has 1 aromatic rings. The van der Waals surface area contributed by atoms with Gasteiger partial charge >= 0.3 is 0 Å². The molecule has 0 aliphatic carbocycles. The molecule has 1 aliphatic rings. The average Bonchev–Trinajstić information content (AvgIpc) is 3.01. The van der Waals surface area contributed by atoms with Crippen LogP contribution in [0.3, 0.4) is 0 Å². The monoisotopic (exact) mass is 304 g/mol. The summed E-state index contributed by atoms with van der Waals surface area (Å²) in [6, 6.07) is 9.56. The van der Waals surface area contributed by atoms with Crippen LogP contribution in [0.4, 0.5) is 0 Å². The van der Waals surface area contributed by atoms with Crippen molar-refractivity contribution in [3.8, 4) is 0 Å². The lowest BCUT2D eigenvalue weighted by Crippen LogP contribution is -2.32. The highest BCUT2D eigenvalue weighted by Crippen LogP contribution is 2.14. The Morgan fingerprint density at radius 3 is 2.59 bits per heavy atom. The van der Waals surface area contributed by atoms with E-state index >= 15 is 0 Å². The van der Waals surface area contributed by atoms with Gasteiger partial charge in [0.1, 0.15) is 0 Å². The van der Waals surface area contributed by atoms with E-state index in [1.54, 1.807) is 0 Å². The highest BCUT2D eigenvalue weighted by Gasteiger charge is 2.15. The molecule has 1 aromatic carbocycles. The molecular formula is C17H24N2O3. The van der Waals surface area contributed by atoms with Gasteiger partial charge in [-0.1, -0.05) is 30.3 Å². The highest BCUT2D eigenvalue weighted by molar-refractivity contribution is 5.80. The summed E-state index contributed by atoms with van der Waals surface area (Å²) < 4.78 is 5.50. The van der Waals surface area contributed by atoms with Crippen molar-refractivity contribution >= 4 is 11.8 Å². The third-order valence-electron chi connectivity index (χ3n) is 3.69. The van der Waals surface area contributed by atoms with Crippen molar-refractivity contribution in [2.75, 3.05) is 19.7 Å². The SMILES string of the molecule is O=C(CCNC(=O)Cc1ccccc1)NCC[C@H]1CCCO1. The third-order valence-corrected chi connectivity index (χ3v) is 3.69. The minimum absolute atomic E-state index is 0.0296. The number of nitrogens with one attached hydrogen (secondary N) is 2. The van der Waals surface area contributed by atoms with Crippen molar-refractivity contribution in [3.63, 3.8) is 0 Å². The first-order valence-electron chi connectivity index (χ1n) is 7.93. The van der Waals surface area contributed by atoms with Gasteiger partial charge in [-0.25, -0.2) is 0 Å². The number of amides is 2. The van der Waals surface area contributed by atoms with Crippen LogP contribution in [0, 0.1) is 0 Å². The minimum Gasteiger partial charge on any atom is -0.378 e.